The van der Waals surface area contributed by atoms with E-state index < -0.39 is 0 Å². The normalized spacial score (nSPS) is 12.6. The van der Waals surface area contributed by atoms with E-state index >= 15 is 0 Å². The molecule has 0 heterocycles. The van der Waals surface area contributed by atoms with Crippen molar-refractivity contribution in [3.8, 4) is 0 Å². The summed E-state index contributed by atoms with van der Waals surface area (Å²) in [6.45, 7) is 8.83. The van der Waals surface area contributed by atoms with Crippen LogP contribution < -0.4 is 10.6 Å². The topological polar surface area (TPSA) is 58.1 Å². The lowest BCUT2D eigenvalue weighted by molar-refractivity contribution is 0.0487. The summed E-state index contributed by atoms with van der Waals surface area (Å²) in [5, 5.41) is 6.52. The molecule has 0 saturated heterocycles. The van der Waals surface area contributed by atoms with E-state index in [1.54, 1.807) is 0 Å². The largest absolute Gasteiger partial charge is 0.379 e. The zero-order valence-electron chi connectivity index (χ0n) is 18.2. The smallest absolute Gasteiger partial charge is 0.191 e. The Hall–Kier alpha value is -0.970. The minimum atomic E-state index is -0.226. The summed E-state index contributed by atoms with van der Waals surface area (Å²) >= 11 is 0. The van der Waals surface area contributed by atoms with Crippen molar-refractivity contribution in [1.82, 2.24) is 15.5 Å². The molecule has 0 aliphatic rings. The van der Waals surface area contributed by atoms with E-state index in [9.17, 15) is 4.39 Å². The van der Waals surface area contributed by atoms with Gasteiger partial charge >= 0.3 is 0 Å². The molecule has 0 radical (unpaired) electrons. The SMILES string of the molecule is CCCCOCCOCCNC(=NCC(c1ccc(F)cc1)N(C)C)NCC.I. The highest BCUT2D eigenvalue weighted by Gasteiger charge is 2.14. The van der Waals surface area contributed by atoms with Crippen LogP contribution in [0.1, 0.15) is 38.3 Å². The molecule has 0 saturated carbocycles. The van der Waals surface area contributed by atoms with Crippen LogP contribution in [0.15, 0.2) is 29.3 Å². The van der Waals surface area contributed by atoms with Crippen molar-refractivity contribution in [3.05, 3.63) is 35.6 Å². The number of ether oxygens (including phenoxy) is 2. The van der Waals surface area contributed by atoms with Crippen LogP contribution in [0.4, 0.5) is 4.39 Å². The number of hydrogen-bond donors (Lipinski definition) is 2. The van der Waals surface area contributed by atoms with Crippen molar-refractivity contribution < 1.29 is 13.9 Å². The number of nitrogens with one attached hydrogen (secondary N) is 2. The number of benzene rings is 1. The van der Waals surface area contributed by atoms with Crippen LogP contribution in [-0.2, 0) is 9.47 Å². The molecular formula is C21H38FIN4O2. The van der Waals surface area contributed by atoms with Crippen LogP contribution in [0, 0.1) is 5.82 Å². The van der Waals surface area contributed by atoms with Gasteiger partial charge in [-0.25, -0.2) is 4.39 Å². The molecule has 0 spiro atoms. The molecule has 0 bridgehead atoms. The van der Waals surface area contributed by atoms with Crippen molar-refractivity contribution in [2.75, 3.05) is 60.2 Å². The fourth-order valence-corrected chi connectivity index (χ4v) is 2.58. The minimum absolute atomic E-state index is 0. The second-order valence-corrected chi connectivity index (χ2v) is 6.76. The minimum Gasteiger partial charge on any atom is -0.379 e. The van der Waals surface area contributed by atoms with Gasteiger partial charge in [0.15, 0.2) is 5.96 Å². The summed E-state index contributed by atoms with van der Waals surface area (Å²) in [4.78, 5) is 6.77. The lowest BCUT2D eigenvalue weighted by Gasteiger charge is -2.23. The molecule has 1 aromatic rings. The van der Waals surface area contributed by atoms with Crippen LogP contribution >= 0.6 is 24.0 Å². The summed E-state index contributed by atoms with van der Waals surface area (Å²) in [6.07, 6.45) is 2.24. The Labute approximate surface area is 192 Å². The Balaban J connectivity index is 0.00000784. The average Bonchev–Trinajstić information content (AvgIpc) is 2.67. The van der Waals surface area contributed by atoms with Crippen molar-refractivity contribution in [2.24, 2.45) is 4.99 Å². The quantitative estimate of drug-likeness (QED) is 0.169. The van der Waals surface area contributed by atoms with Gasteiger partial charge in [-0.15, -0.1) is 24.0 Å². The fraction of sp³-hybridized carbons (Fsp3) is 0.667. The summed E-state index contributed by atoms with van der Waals surface area (Å²) < 4.78 is 24.2. The van der Waals surface area contributed by atoms with Gasteiger partial charge in [0.05, 0.1) is 32.4 Å². The van der Waals surface area contributed by atoms with E-state index in [2.05, 4.69) is 27.4 Å². The predicted octanol–water partition coefficient (Wildman–Crippen LogP) is 3.43. The molecular weight excluding hydrogens is 486 g/mol. The van der Waals surface area contributed by atoms with E-state index in [0.717, 1.165) is 37.5 Å². The number of aliphatic imine (C=N–C) groups is 1. The first-order valence-electron chi connectivity index (χ1n) is 10.2. The average molecular weight is 524 g/mol. The van der Waals surface area contributed by atoms with Gasteiger partial charge in [-0.1, -0.05) is 25.5 Å². The number of unbranched alkanes of at least 4 members (excludes halogenated alkanes) is 1. The molecule has 0 fully saturated rings. The maximum atomic E-state index is 13.2. The fourth-order valence-electron chi connectivity index (χ4n) is 2.58. The molecule has 1 rings (SSSR count). The molecule has 6 nitrogen and oxygen atoms in total. The predicted molar refractivity (Wildman–Crippen MR) is 129 cm³/mol. The third-order valence-electron chi connectivity index (χ3n) is 4.20. The van der Waals surface area contributed by atoms with Gasteiger partial charge in [-0.2, -0.15) is 0 Å². The van der Waals surface area contributed by atoms with Crippen molar-refractivity contribution in [1.29, 1.82) is 0 Å². The first-order valence-corrected chi connectivity index (χ1v) is 10.2. The zero-order valence-corrected chi connectivity index (χ0v) is 20.6. The molecule has 1 atom stereocenters. The second-order valence-electron chi connectivity index (χ2n) is 6.76. The molecule has 0 aliphatic carbocycles. The summed E-state index contributed by atoms with van der Waals surface area (Å²) in [5.41, 5.74) is 1.04. The Morgan fingerprint density at radius 1 is 1.03 bits per heavy atom. The molecule has 8 heteroatoms. The first kappa shape index (κ1) is 28.0. The van der Waals surface area contributed by atoms with Crippen molar-refractivity contribution in [2.45, 2.75) is 32.7 Å². The lowest BCUT2D eigenvalue weighted by Crippen LogP contribution is -2.39. The Kier molecular flexibility index (Phi) is 17.3. The van der Waals surface area contributed by atoms with E-state index in [0.29, 0.717) is 32.9 Å². The maximum absolute atomic E-state index is 13.2. The monoisotopic (exact) mass is 524 g/mol. The van der Waals surface area contributed by atoms with Gasteiger partial charge in [0, 0.05) is 19.7 Å². The second kappa shape index (κ2) is 17.9. The molecule has 2 N–H and O–H groups in total. The summed E-state index contributed by atoms with van der Waals surface area (Å²) in [7, 11) is 4.00. The highest BCUT2D eigenvalue weighted by atomic mass is 127. The van der Waals surface area contributed by atoms with Crippen LogP contribution in [0.2, 0.25) is 0 Å². The van der Waals surface area contributed by atoms with Gasteiger partial charge < -0.3 is 25.0 Å². The van der Waals surface area contributed by atoms with Crippen LogP contribution in [0.25, 0.3) is 0 Å². The third kappa shape index (κ3) is 13.0. The molecule has 0 aromatic heterocycles. The number of hydrogen-bond acceptors (Lipinski definition) is 4. The zero-order chi connectivity index (χ0) is 20.6. The number of guanidine groups is 1. The van der Waals surface area contributed by atoms with Gasteiger partial charge in [-0.3, -0.25) is 4.99 Å². The highest BCUT2D eigenvalue weighted by Crippen LogP contribution is 2.18. The van der Waals surface area contributed by atoms with Gasteiger partial charge in [0.1, 0.15) is 5.82 Å². The summed E-state index contributed by atoms with van der Waals surface area (Å²) in [6, 6.07) is 6.68. The van der Waals surface area contributed by atoms with Crippen molar-refractivity contribution in [3.63, 3.8) is 0 Å². The van der Waals surface area contributed by atoms with Gasteiger partial charge in [-0.05, 0) is 45.1 Å². The molecule has 1 aromatic carbocycles. The third-order valence-corrected chi connectivity index (χ3v) is 4.20. The van der Waals surface area contributed by atoms with E-state index in [-0.39, 0.29) is 35.8 Å². The number of rotatable bonds is 14. The lowest BCUT2D eigenvalue weighted by atomic mass is 10.1. The summed E-state index contributed by atoms with van der Waals surface area (Å²) in [5.74, 6) is 0.523. The molecule has 29 heavy (non-hydrogen) atoms. The molecule has 1 unspecified atom stereocenters. The van der Waals surface area contributed by atoms with E-state index in [4.69, 9.17) is 9.47 Å². The van der Waals surface area contributed by atoms with E-state index in [1.807, 2.05) is 33.2 Å². The van der Waals surface area contributed by atoms with Crippen LogP contribution in [-0.4, -0.2) is 71.0 Å². The van der Waals surface area contributed by atoms with Crippen molar-refractivity contribution >= 4 is 29.9 Å². The Morgan fingerprint density at radius 2 is 1.69 bits per heavy atom. The standard InChI is InChI=1S/C21H37FN4O2.HI/c1-5-7-13-27-15-16-28-14-12-24-21(23-6-2)25-17-20(26(3)4)18-8-10-19(22)11-9-18;/h8-11,20H,5-7,12-17H2,1-4H3,(H2,23,24,25);1H. The first-order chi connectivity index (χ1) is 13.6. The molecule has 0 amide bonds. The van der Waals surface area contributed by atoms with Gasteiger partial charge in [0.2, 0.25) is 0 Å². The number of likely N-dealkylation sites (N-methyl/N-ethyl adjacent to an activating group) is 1. The number of nitrogens with zero attached hydrogens (tertiary/aromatic N) is 2. The van der Waals surface area contributed by atoms with Gasteiger partial charge in [0.25, 0.3) is 0 Å². The van der Waals surface area contributed by atoms with E-state index in [1.165, 1.54) is 12.1 Å². The molecule has 168 valence electrons. The highest BCUT2D eigenvalue weighted by molar-refractivity contribution is 14.0. The number of halogens is 2. The Morgan fingerprint density at radius 3 is 2.28 bits per heavy atom. The Bertz CT molecular complexity index is 544. The van der Waals surface area contributed by atoms with Crippen LogP contribution in [0.5, 0.6) is 0 Å². The molecule has 0 aliphatic heterocycles. The maximum Gasteiger partial charge on any atom is 0.191 e. The van der Waals surface area contributed by atoms with Crippen LogP contribution in [0.3, 0.4) is 0 Å².